The maximum Gasteiger partial charge on any atom is 0.340 e. The van der Waals surface area contributed by atoms with E-state index in [4.69, 9.17) is 4.74 Å². The summed E-state index contributed by atoms with van der Waals surface area (Å²) in [5, 5.41) is 10.2. The van der Waals surface area contributed by atoms with Crippen LogP contribution in [-0.2, 0) is 25.3 Å². The Morgan fingerprint density at radius 1 is 1.23 bits per heavy atom. The fourth-order valence-electron chi connectivity index (χ4n) is 3.83. The van der Waals surface area contributed by atoms with Gasteiger partial charge in [0.15, 0.2) is 0 Å². The number of benzene rings is 1. The number of nitriles is 1. The summed E-state index contributed by atoms with van der Waals surface area (Å²) in [7, 11) is -3.80. The molecular formula is C24H28N4O5S2. The molecule has 1 N–H and O–H groups in total. The number of ether oxygens (including phenoxy) is 1. The van der Waals surface area contributed by atoms with Crippen molar-refractivity contribution < 1.29 is 22.7 Å². The predicted molar refractivity (Wildman–Crippen MR) is 133 cm³/mol. The van der Waals surface area contributed by atoms with Crippen LogP contribution >= 0.6 is 11.8 Å². The smallest absolute Gasteiger partial charge is 0.340 e. The number of amides is 1. The molecular weight excluding hydrogens is 488 g/mol. The first kappa shape index (κ1) is 26.5. The Bertz CT molecular complexity index is 1200. The average molecular weight is 517 g/mol. The lowest BCUT2D eigenvalue weighted by Crippen LogP contribution is -2.43. The maximum absolute atomic E-state index is 12.7. The number of nitrogens with zero attached hydrogens (tertiary/aromatic N) is 3. The molecule has 2 aromatic rings. The first-order chi connectivity index (χ1) is 16.8. The van der Waals surface area contributed by atoms with Crippen LogP contribution in [0.15, 0.2) is 41.4 Å². The minimum atomic E-state index is -3.80. The highest BCUT2D eigenvalue weighted by Crippen LogP contribution is 2.30. The van der Waals surface area contributed by atoms with Gasteiger partial charge in [-0.3, -0.25) is 9.52 Å². The first-order valence-electron chi connectivity index (χ1n) is 11.4. The number of rotatable bonds is 9. The van der Waals surface area contributed by atoms with Gasteiger partial charge in [0.1, 0.15) is 16.9 Å². The van der Waals surface area contributed by atoms with Crippen molar-refractivity contribution >= 4 is 39.5 Å². The normalized spacial score (nSPS) is 14.3. The quantitative estimate of drug-likeness (QED) is 0.395. The van der Waals surface area contributed by atoms with Gasteiger partial charge in [0.05, 0.1) is 23.5 Å². The molecule has 0 radical (unpaired) electrons. The minimum Gasteiger partial charge on any atom is -0.462 e. The SMILES string of the molecule is CCOC(=O)c1cc(C#N)c(N2CCC(C(=O)NS(=O)(=O)Cc3ccccc3)CC2)nc1SCC. The van der Waals surface area contributed by atoms with Crippen LogP contribution in [0.2, 0.25) is 0 Å². The molecule has 1 aromatic heterocycles. The molecule has 2 heterocycles. The van der Waals surface area contributed by atoms with E-state index >= 15 is 0 Å². The zero-order valence-electron chi connectivity index (χ0n) is 19.7. The van der Waals surface area contributed by atoms with Gasteiger partial charge in [0.2, 0.25) is 15.9 Å². The van der Waals surface area contributed by atoms with Crippen LogP contribution in [0.5, 0.6) is 0 Å². The molecule has 9 nitrogen and oxygen atoms in total. The number of carbonyl (C=O) groups is 2. The summed E-state index contributed by atoms with van der Waals surface area (Å²) < 4.78 is 32.2. The molecule has 1 fully saturated rings. The molecule has 11 heteroatoms. The van der Waals surface area contributed by atoms with Gasteiger partial charge in [-0.25, -0.2) is 18.2 Å². The summed E-state index contributed by atoms with van der Waals surface area (Å²) in [5.41, 5.74) is 1.11. The Morgan fingerprint density at radius 2 is 1.91 bits per heavy atom. The number of piperidine rings is 1. The van der Waals surface area contributed by atoms with E-state index in [1.165, 1.54) is 17.8 Å². The van der Waals surface area contributed by atoms with Crippen LogP contribution in [-0.4, -0.2) is 50.7 Å². The number of anilines is 1. The van der Waals surface area contributed by atoms with E-state index in [2.05, 4.69) is 15.8 Å². The summed E-state index contributed by atoms with van der Waals surface area (Å²) >= 11 is 1.39. The fraction of sp³-hybridized carbons (Fsp3) is 0.417. The number of carbonyl (C=O) groups excluding carboxylic acids is 2. The van der Waals surface area contributed by atoms with E-state index in [1.807, 2.05) is 11.8 Å². The van der Waals surface area contributed by atoms with Crippen molar-refractivity contribution in [2.75, 3.05) is 30.3 Å². The lowest BCUT2D eigenvalue weighted by atomic mass is 9.96. The Balaban J connectivity index is 1.69. The Labute approximate surface area is 209 Å². The highest BCUT2D eigenvalue weighted by atomic mass is 32.2. The van der Waals surface area contributed by atoms with Crippen LogP contribution < -0.4 is 9.62 Å². The number of sulfonamides is 1. The van der Waals surface area contributed by atoms with Gasteiger partial charge in [-0.15, -0.1) is 11.8 Å². The molecule has 1 amide bonds. The predicted octanol–water partition coefficient (Wildman–Crippen LogP) is 3.10. The van der Waals surface area contributed by atoms with Crippen LogP contribution in [0.1, 0.15) is 48.2 Å². The van der Waals surface area contributed by atoms with Crippen molar-refractivity contribution in [3.63, 3.8) is 0 Å². The number of pyridine rings is 1. The van der Waals surface area contributed by atoms with Gasteiger partial charge in [-0.2, -0.15) is 5.26 Å². The van der Waals surface area contributed by atoms with E-state index in [-0.39, 0.29) is 23.5 Å². The standard InChI is InChI=1S/C24H28N4O5S2/c1-3-33-24(30)20-14-19(15-25)21(26-23(20)34-4-2)28-12-10-18(11-13-28)22(29)27-35(31,32)16-17-8-6-5-7-9-17/h5-9,14,18H,3-4,10-13,16H2,1-2H3,(H,27,29). The molecule has 0 unspecified atom stereocenters. The lowest BCUT2D eigenvalue weighted by Gasteiger charge is -2.32. The van der Waals surface area contributed by atoms with Crippen molar-refractivity contribution in [1.82, 2.24) is 9.71 Å². The van der Waals surface area contributed by atoms with E-state index in [0.29, 0.717) is 48.1 Å². The Morgan fingerprint density at radius 3 is 2.51 bits per heavy atom. The molecule has 1 aliphatic rings. The van der Waals surface area contributed by atoms with Gasteiger partial charge in [0.25, 0.3) is 0 Å². The van der Waals surface area contributed by atoms with Crippen LogP contribution in [0.25, 0.3) is 0 Å². The molecule has 0 aliphatic carbocycles. The zero-order valence-corrected chi connectivity index (χ0v) is 21.3. The molecule has 0 saturated carbocycles. The third-order valence-electron chi connectivity index (χ3n) is 5.49. The molecule has 0 atom stereocenters. The van der Waals surface area contributed by atoms with Crippen molar-refractivity contribution in [2.24, 2.45) is 5.92 Å². The van der Waals surface area contributed by atoms with E-state index < -0.39 is 27.8 Å². The molecule has 1 aliphatic heterocycles. The van der Waals surface area contributed by atoms with Crippen LogP contribution in [0.3, 0.4) is 0 Å². The second kappa shape index (κ2) is 12.0. The van der Waals surface area contributed by atoms with Crippen molar-refractivity contribution in [2.45, 2.75) is 37.5 Å². The van der Waals surface area contributed by atoms with Crippen molar-refractivity contribution in [1.29, 1.82) is 5.26 Å². The Kier molecular flexibility index (Phi) is 9.12. The fourth-order valence-corrected chi connectivity index (χ4v) is 5.73. The van der Waals surface area contributed by atoms with E-state index in [9.17, 15) is 23.3 Å². The largest absolute Gasteiger partial charge is 0.462 e. The number of esters is 1. The number of hydrogen-bond acceptors (Lipinski definition) is 9. The molecule has 0 spiro atoms. The van der Waals surface area contributed by atoms with Crippen LogP contribution in [0, 0.1) is 17.2 Å². The highest BCUT2D eigenvalue weighted by molar-refractivity contribution is 7.99. The summed E-state index contributed by atoms with van der Waals surface area (Å²) in [6.07, 6.45) is 0.824. The molecule has 0 bridgehead atoms. The summed E-state index contributed by atoms with van der Waals surface area (Å²) in [6, 6.07) is 12.3. The molecule has 3 rings (SSSR count). The second-order valence-electron chi connectivity index (χ2n) is 7.95. The maximum atomic E-state index is 12.7. The van der Waals surface area contributed by atoms with Crippen LogP contribution in [0.4, 0.5) is 5.82 Å². The monoisotopic (exact) mass is 516 g/mol. The molecule has 1 saturated heterocycles. The van der Waals surface area contributed by atoms with Gasteiger partial charge >= 0.3 is 5.97 Å². The topological polar surface area (TPSA) is 129 Å². The third kappa shape index (κ3) is 6.96. The number of aromatic nitrogens is 1. The van der Waals surface area contributed by atoms with Gasteiger partial charge in [0, 0.05) is 19.0 Å². The molecule has 35 heavy (non-hydrogen) atoms. The second-order valence-corrected chi connectivity index (χ2v) is 10.9. The number of thioether (sulfide) groups is 1. The first-order valence-corrected chi connectivity index (χ1v) is 14.0. The molecule has 186 valence electrons. The van der Waals surface area contributed by atoms with Crippen molar-refractivity contribution in [3.8, 4) is 6.07 Å². The van der Waals surface area contributed by atoms with E-state index in [0.717, 1.165) is 0 Å². The number of hydrogen-bond donors (Lipinski definition) is 1. The van der Waals surface area contributed by atoms with Gasteiger partial charge < -0.3 is 9.64 Å². The molecule has 1 aromatic carbocycles. The highest BCUT2D eigenvalue weighted by Gasteiger charge is 2.30. The summed E-state index contributed by atoms with van der Waals surface area (Å²) in [5.74, 6) is -0.638. The third-order valence-corrected chi connectivity index (χ3v) is 7.58. The summed E-state index contributed by atoms with van der Waals surface area (Å²) in [6.45, 7) is 4.72. The number of nitrogens with one attached hydrogen (secondary N) is 1. The average Bonchev–Trinajstić information content (AvgIpc) is 2.84. The van der Waals surface area contributed by atoms with E-state index in [1.54, 1.807) is 37.3 Å². The minimum absolute atomic E-state index is 0.218. The van der Waals surface area contributed by atoms with Crippen molar-refractivity contribution in [3.05, 3.63) is 53.1 Å². The van der Waals surface area contributed by atoms with Gasteiger partial charge in [-0.05, 0) is 37.1 Å². The van der Waals surface area contributed by atoms with Gasteiger partial charge in [-0.1, -0.05) is 37.3 Å². The zero-order chi connectivity index (χ0) is 25.4. The summed E-state index contributed by atoms with van der Waals surface area (Å²) in [4.78, 5) is 31.5. The Hall–Kier alpha value is -3.10. The lowest BCUT2D eigenvalue weighted by molar-refractivity contribution is -0.123.